The van der Waals surface area contributed by atoms with Gasteiger partial charge in [-0.3, -0.25) is 9.59 Å². The minimum Gasteiger partial charge on any atom is -0.458 e. The summed E-state index contributed by atoms with van der Waals surface area (Å²) in [4.78, 5) is 44.1. The summed E-state index contributed by atoms with van der Waals surface area (Å²) in [5, 5.41) is 15.2. The third-order valence-corrected chi connectivity index (χ3v) is 8.90. The van der Waals surface area contributed by atoms with Gasteiger partial charge in [-0.15, -0.1) is 0 Å². The highest BCUT2D eigenvalue weighted by Gasteiger charge is 2.46. The van der Waals surface area contributed by atoms with E-state index in [-0.39, 0.29) is 58.8 Å². The van der Waals surface area contributed by atoms with Gasteiger partial charge in [-0.25, -0.2) is 14.2 Å². The van der Waals surface area contributed by atoms with E-state index in [9.17, 15) is 19.5 Å². The SMILES string of the molecule is CC[C@@]1(O)C(=O)OCc2c1cc1n(c2=O)Cc2c-1nc1cc(F)c(C)c3c1c2[C@@H](NC(=O)CCC(C)(C)S)CC3. The van der Waals surface area contributed by atoms with E-state index < -0.39 is 11.6 Å². The highest BCUT2D eigenvalue weighted by molar-refractivity contribution is 7.81. The number of hydrogen-bond donors (Lipinski definition) is 3. The van der Waals surface area contributed by atoms with E-state index in [2.05, 4.69) is 17.9 Å². The summed E-state index contributed by atoms with van der Waals surface area (Å²) >= 11 is 4.54. The first-order valence-electron chi connectivity index (χ1n) is 13.7. The fourth-order valence-corrected chi connectivity index (χ4v) is 6.50. The standard InChI is InChI=1S/C30H32FN3O5S/c1-5-30(38)18-10-22-26-16(12-34(22)27(36)17(18)13-39-28(30)37)25-20(32-23(35)8-9-29(3,4)40)7-6-15-14(2)19(31)11-21(33-26)24(15)25/h10-11,20,38,40H,5-9,12-13H2,1-4H3,(H,32,35)/t20-,30-/m0/s1. The lowest BCUT2D eigenvalue weighted by Crippen LogP contribution is -2.44. The van der Waals surface area contributed by atoms with Crippen LogP contribution in [0.2, 0.25) is 0 Å². The number of thiol groups is 1. The van der Waals surface area contributed by atoms with Crippen LogP contribution in [0.15, 0.2) is 16.9 Å². The summed E-state index contributed by atoms with van der Waals surface area (Å²) in [5.41, 5.74) is 2.61. The molecule has 0 bridgehead atoms. The molecule has 2 aliphatic heterocycles. The molecule has 0 fully saturated rings. The Hall–Kier alpha value is -3.24. The molecule has 0 saturated heterocycles. The monoisotopic (exact) mass is 565 g/mol. The highest BCUT2D eigenvalue weighted by atomic mass is 32.1. The number of hydrogen-bond acceptors (Lipinski definition) is 7. The number of rotatable bonds is 5. The number of carbonyl (C=O) groups excluding carboxylic acids is 2. The van der Waals surface area contributed by atoms with Crippen molar-refractivity contribution in [1.29, 1.82) is 0 Å². The van der Waals surface area contributed by atoms with Crippen LogP contribution < -0.4 is 10.9 Å². The molecule has 1 aliphatic carbocycles. The van der Waals surface area contributed by atoms with Crippen LogP contribution in [-0.4, -0.2) is 31.3 Å². The van der Waals surface area contributed by atoms with Gasteiger partial charge in [0.05, 0.1) is 35.1 Å². The first-order chi connectivity index (χ1) is 18.8. The summed E-state index contributed by atoms with van der Waals surface area (Å²) in [6.45, 7) is 7.32. The number of carbonyl (C=O) groups is 2. The molecule has 40 heavy (non-hydrogen) atoms. The molecule has 3 aromatic rings. The zero-order valence-corrected chi connectivity index (χ0v) is 23.9. The van der Waals surface area contributed by atoms with Crippen molar-refractivity contribution in [2.45, 2.75) is 89.3 Å². The molecule has 2 atom stereocenters. The lowest BCUT2D eigenvalue weighted by molar-refractivity contribution is -0.172. The van der Waals surface area contributed by atoms with E-state index >= 15 is 4.39 Å². The van der Waals surface area contributed by atoms with Crippen LogP contribution in [0.1, 0.15) is 85.9 Å². The number of aryl methyl sites for hydroxylation is 1. The topological polar surface area (TPSA) is 111 Å². The molecule has 2 N–H and O–H groups in total. The van der Waals surface area contributed by atoms with E-state index in [0.717, 1.165) is 22.1 Å². The molecule has 210 valence electrons. The molecule has 6 rings (SSSR count). The van der Waals surface area contributed by atoms with Crippen LogP contribution in [0.3, 0.4) is 0 Å². The maximum atomic E-state index is 15.0. The van der Waals surface area contributed by atoms with E-state index in [4.69, 9.17) is 9.72 Å². The molecule has 0 unspecified atom stereocenters. The lowest BCUT2D eigenvalue weighted by atomic mass is 9.81. The molecule has 0 radical (unpaired) electrons. The molecule has 10 heteroatoms. The number of nitrogens with one attached hydrogen (secondary N) is 1. The molecular formula is C30H32FN3O5S. The van der Waals surface area contributed by atoms with Gasteiger partial charge in [0.25, 0.3) is 5.56 Å². The van der Waals surface area contributed by atoms with Gasteiger partial charge >= 0.3 is 5.97 Å². The Kier molecular flexibility index (Phi) is 6.16. The van der Waals surface area contributed by atoms with Crippen molar-refractivity contribution in [3.8, 4) is 11.4 Å². The number of fused-ring (bicyclic) bond motifs is 5. The third-order valence-electron chi connectivity index (χ3n) is 8.68. The molecule has 8 nitrogen and oxygen atoms in total. The number of nitrogens with zero attached hydrogens (tertiary/aromatic N) is 2. The Labute approximate surface area is 236 Å². The van der Waals surface area contributed by atoms with Gasteiger partial charge < -0.3 is 19.7 Å². The number of aromatic nitrogens is 2. The summed E-state index contributed by atoms with van der Waals surface area (Å²) in [7, 11) is 0. The second-order valence-electron chi connectivity index (χ2n) is 11.8. The predicted octanol–water partition coefficient (Wildman–Crippen LogP) is 4.12. The smallest absolute Gasteiger partial charge is 0.343 e. The van der Waals surface area contributed by atoms with Gasteiger partial charge in [0.15, 0.2) is 5.60 Å². The minimum absolute atomic E-state index is 0.0377. The average molecular weight is 566 g/mol. The van der Waals surface area contributed by atoms with Crippen LogP contribution in [0.25, 0.3) is 22.3 Å². The Bertz CT molecular complexity index is 1690. The molecule has 4 heterocycles. The van der Waals surface area contributed by atoms with Crippen molar-refractivity contribution in [3.63, 3.8) is 0 Å². The highest BCUT2D eigenvalue weighted by Crippen LogP contribution is 2.46. The maximum Gasteiger partial charge on any atom is 0.343 e. The summed E-state index contributed by atoms with van der Waals surface area (Å²) < 4.78 is 21.5. The number of amides is 1. The largest absolute Gasteiger partial charge is 0.458 e. The number of ether oxygens (including phenoxy) is 1. The number of benzene rings is 1. The summed E-state index contributed by atoms with van der Waals surface area (Å²) in [6, 6.07) is 2.71. The normalized spacial score (nSPS) is 21.1. The Morgan fingerprint density at radius 1 is 1.30 bits per heavy atom. The van der Waals surface area contributed by atoms with Gasteiger partial charge in [0.1, 0.15) is 12.4 Å². The fourth-order valence-electron chi connectivity index (χ4n) is 6.38. The van der Waals surface area contributed by atoms with Crippen molar-refractivity contribution in [2.75, 3.05) is 0 Å². The van der Waals surface area contributed by atoms with Crippen molar-refractivity contribution in [2.24, 2.45) is 0 Å². The summed E-state index contributed by atoms with van der Waals surface area (Å²) in [6.07, 6.45) is 2.12. The third kappa shape index (κ3) is 3.98. The number of aliphatic hydroxyl groups is 1. The van der Waals surface area contributed by atoms with Gasteiger partial charge in [-0.2, -0.15) is 12.6 Å². The number of esters is 1. The van der Waals surface area contributed by atoms with Crippen LogP contribution >= 0.6 is 12.6 Å². The first-order valence-corrected chi connectivity index (χ1v) is 14.1. The average Bonchev–Trinajstić information content (AvgIpc) is 3.27. The minimum atomic E-state index is -1.94. The van der Waals surface area contributed by atoms with E-state index in [0.29, 0.717) is 48.2 Å². The van der Waals surface area contributed by atoms with Crippen LogP contribution in [0.4, 0.5) is 4.39 Å². The Morgan fingerprint density at radius 3 is 2.75 bits per heavy atom. The quantitative estimate of drug-likeness (QED) is 0.248. The van der Waals surface area contributed by atoms with Gasteiger partial charge in [-0.05, 0) is 55.4 Å². The van der Waals surface area contributed by atoms with E-state index in [1.165, 1.54) is 6.07 Å². The zero-order chi connectivity index (χ0) is 28.7. The lowest BCUT2D eigenvalue weighted by Gasteiger charge is -2.31. The molecule has 0 saturated carbocycles. The van der Waals surface area contributed by atoms with Crippen LogP contribution in [0, 0.1) is 12.7 Å². The van der Waals surface area contributed by atoms with Crippen LogP contribution in [-0.2, 0) is 39.5 Å². The number of cyclic esters (lactones) is 1. The molecule has 1 amide bonds. The van der Waals surface area contributed by atoms with Crippen molar-refractivity contribution < 1.29 is 23.8 Å². The van der Waals surface area contributed by atoms with Gasteiger partial charge in [0.2, 0.25) is 5.91 Å². The van der Waals surface area contributed by atoms with E-state index in [1.54, 1.807) is 24.5 Å². The second kappa shape index (κ2) is 9.14. The Balaban J connectivity index is 1.55. The van der Waals surface area contributed by atoms with Gasteiger partial charge in [0, 0.05) is 33.7 Å². The molecule has 2 aromatic heterocycles. The number of pyridine rings is 2. The van der Waals surface area contributed by atoms with E-state index in [1.807, 2.05) is 13.8 Å². The summed E-state index contributed by atoms with van der Waals surface area (Å²) in [5.74, 6) is -1.25. The predicted molar refractivity (Wildman–Crippen MR) is 151 cm³/mol. The zero-order valence-electron chi connectivity index (χ0n) is 23.0. The fraction of sp³-hybridized carbons (Fsp3) is 0.467. The van der Waals surface area contributed by atoms with Crippen molar-refractivity contribution in [1.82, 2.24) is 14.9 Å². The van der Waals surface area contributed by atoms with Crippen molar-refractivity contribution in [3.05, 3.63) is 61.7 Å². The van der Waals surface area contributed by atoms with Crippen molar-refractivity contribution >= 4 is 35.4 Å². The first kappa shape index (κ1) is 27.0. The molecule has 1 aromatic carbocycles. The molecule has 0 spiro atoms. The van der Waals surface area contributed by atoms with Gasteiger partial charge in [-0.1, -0.05) is 20.8 Å². The maximum absolute atomic E-state index is 15.0. The second-order valence-corrected chi connectivity index (χ2v) is 13.0. The molecule has 3 aliphatic rings. The number of halogens is 1. The Morgan fingerprint density at radius 2 is 2.05 bits per heavy atom. The molecular weight excluding hydrogens is 533 g/mol. The van der Waals surface area contributed by atoms with Crippen LogP contribution in [0.5, 0.6) is 0 Å².